The van der Waals surface area contributed by atoms with Gasteiger partial charge in [0.15, 0.2) is 0 Å². The van der Waals surface area contributed by atoms with Crippen LogP contribution < -0.4 is 10.1 Å². The van der Waals surface area contributed by atoms with Crippen LogP contribution in [0.3, 0.4) is 0 Å². The van der Waals surface area contributed by atoms with Crippen molar-refractivity contribution in [1.29, 1.82) is 0 Å². The summed E-state index contributed by atoms with van der Waals surface area (Å²) in [6, 6.07) is 6.34. The van der Waals surface area contributed by atoms with Crippen molar-refractivity contribution >= 4 is 5.69 Å². The summed E-state index contributed by atoms with van der Waals surface area (Å²) in [5.74, 6) is 1.03. The van der Waals surface area contributed by atoms with Gasteiger partial charge < -0.3 is 10.1 Å². The van der Waals surface area contributed by atoms with Gasteiger partial charge >= 0.3 is 0 Å². The molecule has 2 rings (SSSR count). The monoisotopic (exact) mass is 219 g/mol. The van der Waals surface area contributed by atoms with Crippen LogP contribution in [0.2, 0.25) is 0 Å². The minimum absolute atomic E-state index is 0.845. The van der Waals surface area contributed by atoms with E-state index in [0.29, 0.717) is 0 Å². The van der Waals surface area contributed by atoms with Crippen molar-refractivity contribution in [2.45, 2.75) is 39.0 Å². The van der Waals surface area contributed by atoms with Gasteiger partial charge in [-0.3, -0.25) is 0 Å². The van der Waals surface area contributed by atoms with Gasteiger partial charge in [0.25, 0.3) is 0 Å². The van der Waals surface area contributed by atoms with Crippen molar-refractivity contribution < 1.29 is 4.74 Å². The van der Waals surface area contributed by atoms with Crippen LogP contribution in [0.1, 0.15) is 38.2 Å². The second-order valence-corrected chi connectivity index (χ2v) is 4.38. The largest absolute Gasteiger partial charge is 0.491 e. The molecule has 1 aromatic carbocycles. The summed E-state index contributed by atoms with van der Waals surface area (Å²) in [5, 5.41) is 3.40. The third-order valence-electron chi connectivity index (χ3n) is 3.06. The second kappa shape index (κ2) is 5.78. The molecule has 1 aliphatic heterocycles. The van der Waals surface area contributed by atoms with E-state index in [1.165, 1.54) is 30.5 Å². The third-order valence-corrected chi connectivity index (χ3v) is 3.06. The Bertz CT molecular complexity index is 336. The molecule has 0 radical (unpaired) electrons. The molecule has 2 heteroatoms. The first-order valence-electron chi connectivity index (χ1n) is 6.40. The van der Waals surface area contributed by atoms with E-state index in [0.717, 1.165) is 31.7 Å². The van der Waals surface area contributed by atoms with Crippen LogP contribution in [0.25, 0.3) is 0 Å². The van der Waals surface area contributed by atoms with E-state index in [9.17, 15) is 0 Å². The topological polar surface area (TPSA) is 21.3 Å². The molecule has 1 heterocycles. The van der Waals surface area contributed by atoms with Crippen LogP contribution in [0.4, 0.5) is 5.69 Å². The van der Waals surface area contributed by atoms with Gasteiger partial charge in [0.2, 0.25) is 0 Å². The Hall–Kier alpha value is -1.18. The van der Waals surface area contributed by atoms with Crippen LogP contribution in [0, 0.1) is 0 Å². The van der Waals surface area contributed by atoms with Crippen LogP contribution in [-0.2, 0) is 6.42 Å². The molecule has 0 saturated carbocycles. The summed E-state index contributed by atoms with van der Waals surface area (Å²) in [5.41, 5.74) is 2.61. The van der Waals surface area contributed by atoms with Gasteiger partial charge in [0.05, 0.1) is 12.3 Å². The molecule has 16 heavy (non-hydrogen) atoms. The highest BCUT2D eigenvalue weighted by molar-refractivity contribution is 5.65. The van der Waals surface area contributed by atoms with Crippen molar-refractivity contribution in [3.63, 3.8) is 0 Å². The third kappa shape index (κ3) is 2.69. The first-order valence-corrected chi connectivity index (χ1v) is 6.40. The van der Waals surface area contributed by atoms with Crippen molar-refractivity contribution in [3.8, 4) is 5.75 Å². The molecular formula is C14H21NO. The number of nitrogens with one attached hydrogen (secondary N) is 1. The standard InChI is InChI=1S/C14H21NO/c1-2-3-4-5-11-16-13-8-6-7-12-9-10-15-14(12)13/h6-8,15H,2-5,9-11H2,1H3. The number of benzene rings is 1. The van der Waals surface area contributed by atoms with Gasteiger partial charge in [0.1, 0.15) is 5.75 Å². The van der Waals surface area contributed by atoms with E-state index in [4.69, 9.17) is 4.74 Å². The molecule has 2 nitrogen and oxygen atoms in total. The predicted octanol–water partition coefficient (Wildman–Crippen LogP) is 3.61. The molecule has 0 amide bonds. The summed E-state index contributed by atoms with van der Waals surface area (Å²) in [6.45, 7) is 4.12. The average Bonchev–Trinajstić information content (AvgIpc) is 2.77. The zero-order chi connectivity index (χ0) is 11.2. The maximum absolute atomic E-state index is 5.83. The van der Waals surface area contributed by atoms with Crippen molar-refractivity contribution in [1.82, 2.24) is 0 Å². The lowest BCUT2D eigenvalue weighted by Gasteiger charge is -2.10. The molecular weight excluding hydrogens is 198 g/mol. The first-order chi connectivity index (χ1) is 7.92. The molecule has 0 aromatic heterocycles. The summed E-state index contributed by atoms with van der Waals surface area (Å²) < 4.78 is 5.83. The molecule has 0 spiro atoms. The summed E-state index contributed by atoms with van der Waals surface area (Å²) in [6.07, 6.45) is 6.16. The second-order valence-electron chi connectivity index (χ2n) is 4.38. The average molecular weight is 219 g/mol. The number of para-hydroxylation sites is 1. The highest BCUT2D eigenvalue weighted by atomic mass is 16.5. The Morgan fingerprint density at radius 1 is 1.25 bits per heavy atom. The van der Waals surface area contributed by atoms with Crippen molar-refractivity contribution in [3.05, 3.63) is 23.8 Å². The van der Waals surface area contributed by atoms with Gasteiger partial charge in [0, 0.05) is 6.54 Å². The number of hydrogen-bond acceptors (Lipinski definition) is 2. The molecule has 88 valence electrons. The maximum Gasteiger partial charge on any atom is 0.142 e. The number of ether oxygens (including phenoxy) is 1. The van der Waals surface area contributed by atoms with Gasteiger partial charge in [-0.1, -0.05) is 38.3 Å². The van der Waals surface area contributed by atoms with Crippen molar-refractivity contribution in [2.75, 3.05) is 18.5 Å². The van der Waals surface area contributed by atoms with E-state index in [2.05, 4.69) is 30.4 Å². The number of rotatable bonds is 6. The Morgan fingerprint density at radius 3 is 3.06 bits per heavy atom. The fraction of sp³-hybridized carbons (Fsp3) is 0.571. The van der Waals surface area contributed by atoms with E-state index in [1.54, 1.807) is 0 Å². The zero-order valence-corrected chi connectivity index (χ0v) is 10.1. The van der Waals surface area contributed by atoms with Crippen LogP contribution >= 0.6 is 0 Å². The lowest BCUT2D eigenvalue weighted by Crippen LogP contribution is -2.00. The number of hydrogen-bond donors (Lipinski definition) is 1. The Labute approximate surface area is 98.0 Å². The first kappa shape index (κ1) is 11.3. The van der Waals surface area contributed by atoms with Gasteiger partial charge in [-0.15, -0.1) is 0 Å². The van der Waals surface area contributed by atoms with E-state index >= 15 is 0 Å². The fourth-order valence-corrected chi connectivity index (χ4v) is 2.14. The maximum atomic E-state index is 5.83. The van der Waals surface area contributed by atoms with Gasteiger partial charge in [-0.25, -0.2) is 0 Å². The van der Waals surface area contributed by atoms with Crippen LogP contribution in [0.5, 0.6) is 5.75 Å². The SMILES string of the molecule is CCCCCCOc1cccc2c1NCC2. The van der Waals surface area contributed by atoms with E-state index in [-0.39, 0.29) is 0 Å². The lowest BCUT2D eigenvalue weighted by molar-refractivity contribution is 0.306. The Balaban J connectivity index is 1.83. The Morgan fingerprint density at radius 2 is 2.19 bits per heavy atom. The smallest absolute Gasteiger partial charge is 0.142 e. The zero-order valence-electron chi connectivity index (χ0n) is 10.1. The fourth-order valence-electron chi connectivity index (χ4n) is 2.14. The molecule has 0 bridgehead atoms. The highest BCUT2D eigenvalue weighted by Gasteiger charge is 2.13. The summed E-state index contributed by atoms with van der Waals surface area (Å²) in [7, 11) is 0. The number of fused-ring (bicyclic) bond motifs is 1. The molecule has 0 atom stereocenters. The van der Waals surface area contributed by atoms with Crippen LogP contribution in [-0.4, -0.2) is 13.2 Å². The van der Waals surface area contributed by atoms with Gasteiger partial charge in [-0.2, -0.15) is 0 Å². The molecule has 0 saturated heterocycles. The lowest BCUT2D eigenvalue weighted by atomic mass is 10.1. The number of anilines is 1. The minimum atomic E-state index is 0.845. The molecule has 0 unspecified atom stereocenters. The molecule has 0 fully saturated rings. The summed E-state index contributed by atoms with van der Waals surface area (Å²) >= 11 is 0. The Kier molecular flexibility index (Phi) is 4.09. The van der Waals surface area contributed by atoms with E-state index in [1.807, 2.05) is 0 Å². The van der Waals surface area contributed by atoms with Crippen molar-refractivity contribution in [2.24, 2.45) is 0 Å². The molecule has 1 aromatic rings. The molecule has 1 N–H and O–H groups in total. The normalized spacial score (nSPS) is 13.3. The van der Waals surface area contributed by atoms with Crippen LogP contribution in [0.15, 0.2) is 18.2 Å². The van der Waals surface area contributed by atoms with E-state index < -0.39 is 0 Å². The molecule has 0 aliphatic carbocycles. The van der Waals surface area contributed by atoms with Gasteiger partial charge in [-0.05, 0) is 24.5 Å². The summed E-state index contributed by atoms with van der Waals surface area (Å²) in [4.78, 5) is 0. The predicted molar refractivity (Wildman–Crippen MR) is 68.3 cm³/mol. The quantitative estimate of drug-likeness (QED) is 0.738. The minimum Gasteiger partial charge on any atom is -0.491 e. The number of unbranched alkanes of at least 4 members (excludes halogenated alkanes) is 3. The molecule has 1 aliphatic rings. The highest BCUT2D eigenvalue weighted by Crippen LogP contribution is 2.32.